The van der Waals surface area contributed by atoms with Gasteiger partial charge in [0, 0.05) is 38.4 Å². The number of ether oxygens (including phenoxy) is 1. The molecule has 0 spiro atoms. The summed E-state index contributed by atoms with van der Waals surface area (Å²) >= 11 is 0. The molecule has 6 heteroatoms. The lowest BCUT2D eigenvalue weighted by atomic mass is 10.1. The van der Waals surface area contributed by atoms with Crippen LogP contribution < -0.4 is 0 Å². The monoisotopic (exact) mass is 335 g/mol. The first-order valence-corrected chi connectivity index (χ1v) is 8.84. The minimum absolute atomic E-state index is 0.0264. The Bertz CT molecular complexity index is 614. The number of hydrogen-bond acceptors (Lipinski definition) is 4. The first-order valence-electron chi connectivity index (χ1n) is 8.84. The molecule has 2 rings (SSSR count). The smallest absolute Gasteiger partial charge is 0.355 e. The van der Waals surface area contributed by atoms with E-state index in [2.05, 4.69) is 11.8 Å². The number of rotatable bonds is 5. The summed E-state index contributed by atoms with van der Waals surface area (Å²) in [7, 11) is 0. The molecular weight excluding hydrogens is 306 g/mol. The van der Waals surface area contributed by atoms with E-state index in [-0.39, 0.29) is 11.9 Å². The molecule has 1 fully saturated rings. The second-order valence-corrected chi connectivity index (χ2v) is 6.13. The van der Waals surface area contributed by atoms with Crippen LogP contribution in [0.15, 0.2) is 0 Å². The predicted molar refractivity (Wildman–Crippen MR) is 93.6 cm³/mol. The van der Waals surface area contributed by atoms with E-state index in [9.17, 15) is 9.59 Å². The lowest BCUT2D eigenvalue weighted by Gasteiger charge is -2.34. The summed E-state index contributed by atoms with van der Waals surface area (Å²) in [6.45, 7) is 14.9. The molecule has 1 aliphatic heterocycles. The Balaban J connectivity index is 2.33. The minimum Gasteiger partial charge on any atom is -0.461 e. The highest BCUT2D eigenvalue weighted by atomic mass is 16.5. The molecular formula is C18H29N3O3. The molecule has 0 bridgehead atoms. The number of aromatic nitrogens is 1. The van der Waals surface area contributed by atoms with Crippen molar-refractivity contribution in [3.05, 3.63) is 22.5 Å². The molecule has 0 atom stereocenters. The Kier molecular flexibility index (Phi) is 6.04. The number of piperazine rings is 1. The third kappa shape index (κ3) is 3.34. The Labute approximate surface area is 144 Å². The van der Waals surface area contributed by atoms with Crippen LogP contribution in [0, 0.1) is 13.8 Å². The lowest BCUT2D eigenvalue weighted by Crippen LogP contribution is -2.48. The van der Waals surface area contributed by atoms with E-state index in [0.29, 0.717) is 24.4 Å². The number of hydrogen-bond donors (Lipinski definition) is 0. The Morgan fingerprint density at radius 2 is 1.62 bits per heavy atom. The average molecular weight is 335 g/mol. The van der Waals surface area contributed by atoms with Crippen LogP contribution in [0.2, 0.25) is 0 Å². The highest BCUT2D eigenvalue weighted by Crippen LogP contribution is 2.25. The standard InChI is InChI=1S/C18H29N3O3/c1-6-19-9-11-20(12-10-19)17(22)15-13(4)16(18(23)24-8-3)21(7-2)14(15)5/h6-12H2,1-5H3. The summed E-state index contributed by atoms with van der Waals surface area (Å²) in [4.78, 5) is 29.6. The van der Waals surface area contributed by atoms with Gasteiger partial charge in [0.25, 0.3) is 5.91 Å². The zero-order valence-electron chi connectivity index (χ0n) is 15.5. The summed E-state index contributed by atoms with van der Waals surface area (Å²) in [6, 6.07) is 0. The predicted octanol–water partition coefficient (Wildman–Crippen LogP) is 2.08. The van der Waals surface area contributed by atoms with E-state index >= 15 is 0 Å². The Hall–Kier alpha value is -1.82. The number of esters is 1. The zero-order chi connectivity index (χ0) is 17.9. The maximum absolute atomic E-state index is 13.0. The molecule has 0 aliphatic carbocycles. The number of carbonyl (C=O) groups is 2. The van der Waals surface area contributed by atoms with Crippen molar-refractivity contribution in [3.8, 4) is 0 Å². The average Bonchev–Trinajstić information content (AvgIpc) is 2.84. The van der Waals surface area contributed by atoms with Crippen molar-refractivity contribution >= 4 is 11.9 Å². The minimum atomic E-state index is -0.352. The molecule has 134 valence electrons. The van der Waals surface area contributed by atoms with E-state index in [1.165, 1.54) is 0 Å². The van der Waals surface area contributed by atoms with Crippen molar-refractivity contribution in [2.45, 2.75) is 41.2 Å². The zero-order valence-corrected chi connectivity index (χ0v) is 15.5. The van der Waals surface area contributed by atoms with Crippen molar-refractivity contribution in [1.82, 2.24) is 14.4 Å². The van der Waals surface area contributed by atoms with Crippen LogP contribution >= 0.6 is 0 Å². The number of nitrogens with zero attached hydrogens (tertiary/aromatic N) is 3. The van der Waals surface area contributed by atoms with Crippen molar-refractivity contribution in [2.75, 3.05) is 39.3 Å². The molecule has 0 radical (unpaired) electrons. The molecule has 1 amide bonds. The van der Waals surface area contributed by atoms with E-state index in [1.54, 1.807) is 6.92 Å². The molecule has 0 aromatic carbocycles. The molecule has 1 aromatic heterocycles. The van der Waals surface area contributed by atoms with Gasteiger partial charge in [-0.25, -0.2) is 4.79 Å². The number of amides is 1. The second-order valence-electron chi connectivity index (χ2n) is 6.13. The normalized spacial score (nSPS) is 15.6. The fourth-order valence-electron chi connectivity index (χ4n) is 3.49. The molecule has 1 aliphatic rings. The third-order valence-corrected chi connectivity index (χ3v) is 4.87. The van der Waals surface area contributed by atoms with E-state index in [4.69, 9.17) is 4.74 Å². The van der Waals surface area contributed by atoms with Crippen molar-refractivity contribution in [2.24, 2.45) is 0 Å². The molecule has 2 heterocycles. The summed E-state index contributed by atoms with van der Waals surface area (Å²) in [5.41, 5.74) is 2.74. The maximum atomic E-state index is 13.0. The molecule has 24 heavy (non-hydrogen) atoms. The molecule has 0 N–H and O–H groups in total. The lowest BCUT2D eigenvalue weighted by molar-refractivity contribution is 0.0512. The van der Waals surface area contributed by atoms with Gasteiger partial charge in [0.05, 0.1) is 12.2 Å². The van der Waals surface area contributed by atoms with Crippen molar-refractivity contribution in [3.63, 3.8) is 0 Å². The van der Waals surface area contributed by atoms with Gasteiger partial charge in [-0.1, -0.05) is 6.92 Å². The highest BCUT2D eigenvalue weighted by Gasteiger charge is 2.30. The van der Waals surface area contributed by atoms with Crippen molar-refractivity contribution in [1.29, 1.82) is 0 Å². The summed E-state index contributed by atoms with van der Waals surface area (Å²) < 4.78 is 7.07. The topological polar surface area (TPSA) is 54.8 Å². The van der Waals surface area contributed by atoms with E-state index in [1.807, 2.05) is 30.2 Å². The van der Waals surface area contributed by atoms with Gasteiger partial charge in [-0.15, -0.1) is 0 Å². The van der Waals surface area contributed by atoms with Crippen LogP contribution in [0.3, 0.4) is 0 Å². The Morgan fingerprint density at radius 3 is 2.12 bits per heavy atom. The second kappa shape index (κ2) is 7.83. The molecule has 1 saturated heterocycles. The molecule has 6 nitrogen and oxygen atoms in total. The van der Waals surface area contributed by atoms with Crippen LogP contribution in [0.4, 0.5) is 0 Å². The molecule has 0 unspecified atom stereocenters. The van der Waals surface area contributed by atoms with Crippen LogP contribution in [0.1, 0.15) is 52.9 Å². The largest absolute Gasteiger partial charge is 0.461 e. The highest BCUT2D eigenvalue weighted by molar-refractivity contribution is 6.01. The summed E-state index contributed by atoms with van der Waals surface area (Å²) in [5, 5.41) is 0. The third-order valence-electron chi connectivity index (χ3n) is 4.87. The van der Waals surface area contributed by atoms with Gasteiger partial charge >= 0.3 is 5.97 Å². The number of likely N-dealkylation sites (N-methyl/N-ethyl adjacent to an activating group) is 1. The van der Waals surface area contributed by atoms with Crippen LogP contribution in [0.25, 0.3) is 0 Å². The van der Waals surface area contributed by atoms with Crippen LogP contribution in [-0.2, 0) is 11.3 Å². The van der Waals surface area contributed by atoms with Gasteiger partial charge in [0.2, 0.25) is 0 Å². The SMILES string of the molecule is CCOC(=O)c1c(C)c(C(=O)N2CCN(CC)CC2)c(C)n1CC. The van der Waals surface area contributed by atoms with Gasteiger partial charge in [-0.3, -0.25) is 4.79 Å². The summed E-state index contributed by atoms with van der Waals surface area (Å²) in [5.74, 6) is -0.326. The molecule has 0 saturated carbocycles. The van der Waals surface area contributed by atoms with Gasteiger partial charge in [0.1, 0.15) is 5.69 Å². The molecule has 1 aromatic rings. The van der Waals surface area contributed by atoms with Crippen molar-refractivity contribution < 1.29 is 14.3 Å². The van der Waals surface area contributed by atoms with Gasteiger partial charge in [-0.05, 0) is 39.8 Å². The number of carbonyl (C=O) groups excluding carboxylic acids is 2. The fraction of sp³-hybridized carbons (Fsp3) is 0.667. The first-order chi connectivity index (χ1) is 11.5. The Morgan fingerprint density at radius 1 is 1.00 bits per heavy atom. The first kappa shape index (κ1) is 18.5. The van der Waals surface area contributed by atoms with E-state index in [0.717, 1.165) is 44.0 Å². The van der Waals surface area contributed by atoms with Crippen LogP contribution in [0.5, 0.6) is 0 Å². The quantitative estimate of drug-likeness (QED) is 0.773. The maximum Gasteiger partial charge on any atom is 0.355 e. The van der Waals surface area contributed by atoms with Gasteiger partial charge < -0.3 is 19.1 Å². The van der Waals surface area contributed by atoms with E-state index < -0.39 is 0 Å². The fourth-order valence-corrected chi connectivity index (χ4v) is 3.49. The van der Waals surface area contributed by atoms with Crippen LogP contribution in [-0.4, -0.2) is 65.6 Å². The van der Waals surface area contributed by atoms with Gasteiger partial charge in [0.15, 0.2) is 0 Å². The summed E-state index contributed by atoms with van der Waals surface area (Å²) in [6.07, 6.45) is 0. The van der Waals surface area contributed by atoms with Gasteiger partial charge in [-0.2, -0.15) is 0 Å².